The first-order valence-electron chi connectivity index (χ1n) is 5.56. The summed E-state index contributed by atoms with van der Waals surface area (Å²) in [4.78, 5) is 1.06. The number of anilines is 1. The van der Waals surface area contributed by atoms with Crippen molar-refractivity contribution < 1.29 is 4.74 Å². The van der Waals surface area contributed by atoms with Gasteiger partial charge in [0.1, 0.15) is 5.75 Å². The number of hydrogen-bond donors (Lipinski definition) is 2. The van der Waals surface area contributed by atoms with Gasteiger partial charge in [0, 0.05) is 4.88 Å². The van der Waals surface area contributed by atoms with Gasteiger partial charge in [0.25, 0.3) is 0 Å². The smallest absolute Gasteiger partial charge is 0.191 e. The highest BCUT2D eigenvalue weighted by molar-refractivity contribution is 7.80. The molecule has 0 bridgehead atoms. The molecule has 1 aromatic heterocycles. The van der Waals surface area contributed by atoms with Gasteiger partial charge in [-0.1, -0.05) is 18.2 Å². The predicted molar refractivity (Wildman–Crippen MR) is 84.3 cm³/mol. The number of ether oxygens (including phenoxy) is 1. The zero-order valence-electron chi connectivity index (χ0n) is 10.3. The van der Waals surface area contributed by atoms with Gasteiger partial charge in [-0.3, -0.25) is 5.43 Å². The maximum Gasteiger partial charge on any atom is 0.191 e. The SMILES string of the molecule is COc1ccccc1NC(=S)N/N=C\c1cccs1. The summed E-state index contributed by atoms with van der Waals surface area (Å²) >= 11 is 6.76. The summed E-state index contributed by atoms with van der Waals surface area (Å²) in [6.07, 6.45) is 1.72. The quantitative estimate of drug-likeness (QED) is 0.516. The predicted octanol–water partition coefficient (Wildman–Crippen LogP) is 3.08. The Kier molecular flexibility index (Phi) is 4.88. The Morgan fingerprint density at radius 2 is 2.16 bits per heavy atom. The van der Waals surface area contributed by atoms with E-state index in [-0.39, 0.29) is 0 Å². The fraction of sp³-hybridized carbons (Fsp3) is 0.0769. The minimum Gasteiger partial charge on any atom is -0.495 e. The lowest BCUT2D eigenvalue weighted by atomic mass is 10.3. The van der Waals surface area contributed by atoms with Crippen LogP contribution in [0.3, 0.4) is 0 Å². The van der Waals surface area contributed by atoms with E-state index in [2.05, 4.69) is 15.8 Å². The van der Waals surface area contributed by atoms with Crippen molar-refractivity contribution in [2.75, 3.05) is 12.4 Å². The Bertz CT molecular complexity index is 567. The number of rotatable bonds is 4. The Morgan fingerprint density at radius 3 is 2.89 bits per heavy atom. The average Bonchev–Trinajstić information content (AvgIpc) is 2.92. The second-order valence-electron chi connectivity index (χ2n) is 3.54. The van der Waals surface area contributed by atoms with E-state index >= 15 is 0 Å². The van der Waals surface area contributed by atoms with E-state index in [4.69, 9.17) is 17.0 Å². The Morgan fingerprint density at radius 1 is 1.32 bits per heavy atom. The second kappa shape index (κ2) is 6.86. The summed E-state index contributed by atoms with van der Waals surface area (Å²) in [6, 6.07) is 11.5. The molecule has 0 aliphatic carbocycles. The van der Waals surface area contributed by atoms with Crippen molar-refractivity contribution in [3.05, 3.63) is 46.7 Å². The van der Waals surface area contributed by atoms with Crippen LogP contribution in [-0.2, 0) is 0 Å². The molecule has 0 radical (unpaired) electrons. The molecule has 0 aliphatic rings. The molecule has 0 saturated heterocycles. The molecule has 0 fully saturated rings. The topological polar surface area (TPSA) is 45.6 Å². The molecule has 0 atom stereocenters. The first-order valence-corrected chi connectivity index (χ1v) is 6.85. The van der Waals surface area contributed by atoms with E-state index in [1.807, 2.05) is 41.8 Å². The number of nitrogens with one attached hydrogen (secondary N) is 2. The van der Waals surface area contributed by atoms with Gasteiger partial charge in [-0.15, -0.1) is 11.3 Å². The highest BCUT2D eigenvalue weighted by Crippen LogP contribution is 2.22. The summed E-state index contributed by atoms with van der Waals surface area (Å²) in [5.41, 5.74) is 3.56. The monoisotopic (exact) mass is 291 g/mol. The van der Waals surface area contributed by atoms with Gasteiger partial charge in [0.05, 0.1) is 19.0 Å². The standard InChI is InChI=1S/C13H13N3OS2/c1-17-12-7-3-2-6-11(12)15-13(18)16-14-9-10-5-4-8-19-10/h2-9H,1H3,(H2,15,16,18)/b14-9-. The molecule has 0 amide bonds. The van der Waals surface area contributed by atoms with E-state index < -0.39 is 0 Å². The molecule has 1 heterocycles. The summed E-state index contributed by atoms with van der Waals surface area (Å²) in [7, 11) is 1.62. The van der Waals surface area contributed by atoms with Gasteiger partial charge in [0.15, 0.2) is 5.11 Å². The van der Waals surface area contributed by atoms with Crippen molar-refractivity contribution in [1.29, 1.82) is 0 Å². The minimum atomic E-state index is 0.414. The Balaban J connectivity index is 1.91. The molecular formula is C13H13N3OS2. The first kappa shape index (κ1) is 13.5. The summed E-state index contributed by atoms with van der Waals surface area (Å²) in [6.45, 7) is 0. The minimum absolute atomic E-state index is 0.414. The number of para-hydroxylation sites is 2. The molecular weight excluding hydrogens is 278 g/mol. The lowest BCUT2D eigenvalue weighted by molar-refractivity contribution is 0.417. The molecule has 2 N–H and O–H groups in total. The third kappa shape index (κ3) is 4.04. The number of benzene rings is 1. The van der Waals surface area contributed by atoms with Crippen LogP contribution < -0.4 is 15.5 Å². The number of thiocarbonyl (C=S) groups is 1. The Labute approximate surface area is 121 Å². The van der Waals surface area contributed by atoms with Crippen molar-refractivity contribution in [3.63, 3.8) is 0 Å². The van der Waals surface area contributed by atoms with Gasteiger partial charge < -0.3 is 10.1 Å². The van der Waals surface area contributed by atoms with Crippen LogP contribution in [0.5, 0.6) is 5.75 Å². The van der Waals surface area contributed by atoms with Crippen LogP contribution in [0, 0.1) is 0 Å². The third-order valence-electron chi connectivity index (χ3n) is 2.26. The first-order chi connectivity index (χ1) is 9.29. The molecule has 0 aliphatic heterocycles. The maximum absolute atomic E-state index is 5.22. The van der Waals surface area contributed by atoms with Crippen LogP contribution >= 0.6 is 23.6 Å². The van der Waals surface area contributed by atoms with Crippen LogP contribution in [0.1, 0.15) is 4.88 Å². The fourth-order valence-electron chi connectivity index (χ4n) is 1.42. The van der Waals surface area contributed by atoms with Crippen LogP contribution in [-0.4, -0.2) is 18.4 Å². The highest BCUT2D eigenvalue weighted by Gasteiger charge is 2.02. The van der Waals surface area contributed by atoms with E-state index in [1.54, 1.807) is 24.7 Å². The summed E-state index contributed by atoms with van der Waals surface area (Å²) in [5.74, 6) is 0.730. The van der Waals surface area contributed by atoms with Gasteiger partial charge in [-0.05, 0) is 35.8 Å². The lowest BCUT2D eigenvalue weighted by Gasteiger charge is -2.10. The van der Waals surface area contributed by atoms with Crippen molar-refractivity contribution in [1.82, 2.24) is 5.43 Å². The molecule has 2 aromatic rings. The molecule has 0 spiro atoms. The molecule has 6 heteroatoms. The molecule has 1 aromatic carbocycles. The van der Waals surface area contributed by atoms with Crippen molar-refractivity contribution >= 4 is 40.6 Å². The average molecular weight is 291 g/mol. The van der Waals surface area contributed by atoms with E-state index in [1.165, 1.54) is 0 Å². The lowest BCUT2D eigenvalue weighted by Crippen LogP contribution is -2.24. The normalized spacial score (nSPS) is 10.4. The molecule has 0 unspecified atom stereocenters. The zero-order chi connectivity index (χ0) is 13.5. The van der Waals surface area contributed by atoms with Crippen LogP contribution in [0.2, 0.25) is 0 Å². The maximum atomic E-state index is 5.22. The van der Waals surface area contributed by atoms with Crippen LogP contribution in [0.15, 0.2) is 46.9 Å². The van der Waals surface area contributed by atoms with E-state index in [0.29, 0.717) is 5.11 Å². The number of thiophene rings is 1. The van der Waals surface area contributed by atoms with E-state index in [9.17, 15) is 0 Å². The number of methoxy groups -OCH3 is 1. The fourth-order valence-corrected chi connectivity index (χ4v) is 2.17. The molecule has 98 valence electrons. The summed E-state index contributed by atoms with van der Waals surface area (Å²) < 4.78 is 5.22. The highest BCUT2D eigenvalue weighted by atomic mass is 32.1. The van der Waals surface area contributed by atoms with E-state index in [0.717, 1.165) is 16.3 Å². The molecule has 2 rings (SSSR count). The van der Waals surface area contributed by atoms with Crippen LogP contribution in [0.25, 0.3) is 0 Å². The number of nitrogens with zero attached hydrogens (tertiary/aromatic N) is 1. The Hall–Kier alpha value is -1.92. The van der Waals surface area contributed by atoms with Gasteiger partial charge in [0.2, 0.25) is 0 Å². The van der Waals surface area contributed by atoms with Gasteiger partial charge in [-0.25, -0.2) is 0 Å². The van der Waals surface area contributed by atoms with Crippen LogP contribution in [0.4, 0.5) is 5.69 Å². The second-order valence-corrected chi connectivity index (χ2v) is 4.93. The van der Waals surface area contributed by atoms with Gasteiger partial charge in [-0.2, -0.15) is 5.10 Å². The molecule has 0 saturated carbocycles. The largest absolute Gasteiger partial charge is 0.495 e. The summed E-state index contributed by atoms with van der Waals surface area (Å²) in [5, 5.41) is 9.49. The number of hydrogen-bond acceptors (Lipinski definition) is 4. The molecule has 19 heavy (non-hydrogen) atoms. The van der Waals surface area contributed by atoms with Gasteiger partial charge >= 0.3 is 0 Å². The zero-order valence-corrected chi connectivity index (χ0v) is 11.9. The number of hydrazone groups is 1. The van der Waals surface area contributed by atoms with Crippen molar-refractivity contribution in [3.8, 4) is 5.75 Å². The third-order valence-corrected chi connectivity index (χ3v) is 3.26. The van der Waals surface area contributed by atoms with Crippen molar-refractivity contribution in [2.24, 2.45) is 5.10 Å². The molecule has 4 nitrogen and oxygen atoms in total. The van der Waals surface area contributed by atoms with Crippen molar-refractivity contribution in [2.45, 2.75) is 0 Å².